The molecule has 1 fully saturated rings. The molecule has 2 aromatic carbocycles. The van der Waals surface area contributed by atoms with Crippen LogP contribution < -0.4 is 15.4 Å². The van der Waals surface area contributed by atoms with Gasteiger partial charge in [-0.25, -0.2) is 14.8 Å². The first-order valence-corrected chi connectivity index (χ1v) is 16.2. The summed E-state index contributed by atoms with van der Waals surface area (Å²) in [7, 11) is 0. The van der Waals surface area contributed by atoms with Crippen LogP contribution in [-0.2, 0) is 4.74 Å². The van der Waals surface area contributed by atoms with Crippen molar-refractivity contribution in [2.75, 3.05) is 31.1 Å². The summed E-state index contributed by atoms with van der Waals surface area (Å²) in [6.07, 6.45) is 2.91. The Balaban J connectivity index is 1.17. The standard InChI is InChI=1S/C34H35ClN6O4S/c1-21(24-7-5-6-8-25(24)35)44-28-18-30(46-31(28)32(36)42)41-20-38-26-17-22(9-11-27(26)41)23-10-12-29(37-19-23)39-13-15-40(16-14-39)33(43)45-34(2,3)4/h5-12,17-21H,13-16H2,1-4H3,(H2,36,42)/t21-/m1/s1. The number of benzene rings is 2. The zero-order chi connectivity index (χ0) is 32.6. The van der Waals surface area contributed by atoms with Crippen LogP contribution in [0.25, 0.3) is 27.2 Å². The number of primary amides is 1. The monoisotopic (exact) mass is 658 g/mol. The van der Waals surface area contributed by atoms with Gasteiger partial charge in [-0.15, -0.1) is 11.3 Å². The molecule has 0 bridgehead atoms. The van der Waals surface area contributed by atoms with Gasteiger partial charge in [-0.2, -0.15) is 0 Å². The van der Waals surface area contributed by atoms with Crippen LogP contribution in [0.5, 0.6) is 5.75 Å². The van der Waals surface area contributed by atoms with Gasteiger partial charge < -0.3 is 25.0 Å². The van der Waals surface area contributed by atoms with Gasteiger partial charge in [0.05, 0.1) is 11.0 Å². The normalized spacial score (nSPS) is 14.4. The number of carbonyl (C=O) groups is 2. The maximum atomic E-state index is 12.4. The lowest BCUT2D eigenvalue weighted by Gasteiger charge is -2.36. The summed E-state index contributed by atoms with van der Waals surface area (Å²) in [5, 5.41) is 1.34. The quantitative estimate of drug-likeness (QED) is 0.198. The molecule has 2 N–H and O–H groups in total. The van der Waals surface area contributed by atoms with Crippen LogP contribution in [0.1, 0.15) is 49.0 Å². The number of halogens is 1. The molecule has 5 aromatic rings. The van der Waals surface area contributed by atoms with Crippen molar-refractivity contribution >= 4 is 51.8 Å². The van der Waals surface area contributed by atoms with Crippen LogP contribution in [0.4, 0.5) is 10.6 Å². The second kappa shape index (κ2) is 12.6. The molecule has 46 heavy (non-hydrogen) atoms. The lowest BCUT2D eigenvalue weighted by Crippen LogP contribution is -2.50. The molecule has 1 saturated heterocycles. The minimum atomic E-state index is -0.565. The number of pyridine rings is 1. The van der Waals surface area contributed by atoms with Gasteiger partial charge in [0, 0.05) is 54.6 Å². The first kappa shape index (κ1) is 31.4. The van der Waals surface area contributed by atoms with Crippen molar-refractivity contribution in [2.24, 2.45) is 5.73 Å². The van der Waals surface area contributed by atoms with E-state index in [1.165, 1.54) is 11.3 Å². The van der Waals surface area contributed by atoms with Gasteiger partial charge >= 0.3 is 6.09 Å². The van der Waals surface area contributed by atoms with Crippen molar-refractivity contribution in [3.8, 4) is 21.9 Å². The van der Waals surface area contributed by atoms with Crippen molar-refractivity contribution in [3.05, 3.63) is 88.7 Å². The number of ether oxygens (including phenoxy) is 2. The Bertz CT molecular complexity index is 1890. The van der Waals surface area contributed by atoms with Crippen LogP contribution in [-0.4, -0.2) is 63.2 Å². The lowest BCUT2D eigenvalue weighted by atomic mass is 10.1. The molecule has 0 unspecified atom stereocenters. The summed E-state index contributed by atoms with van der Waals surface area (Å²) in [6, 6.07) is 19.3. The number of nitrogens with two attached hydrogens (primary N) is 1. The number of hydrogen-bond donors (Lipinski definition) is 1. The van der Waals surface area contributed by atoms with E-state index in [-0.39, 0.29) is 6.09 Å². The Labute approximate surface area is 276 Å². The summed E-state index contributed by atoms with van der Waals surface area (Å²) >= 11 is 7.62. The zero-order valence-electron chi connectivity index (χ0n) is 26.1. The van der Waals surface area contributed by atoms with E-state index in [4.69, 9.17) is 31.8 Å². The van der Waals surface area contributed by atoms with Crippen LogP contribution >= 0.6 is 22.9 Å². The Morgan fingerprint density at radius 2 is 1.72 bits per heavy atom. The van der Waals surface area contributed by atoms with Crippen LogP contribution in [0, 0.1) is 0 Å². The van der Waals surface area contributed by atoms with Crippen LogP contribution in [0.3, 0.4) is 0 Å². The lowest BCUT2D eigenvalue weighted by molar-refractivity contribution is 0.0240. The molecule has 1 aliphatic heterocycles. The smallest absolute Gasteiger partial charge is 0.410 e. The number of aromatic nitrogens is 3. The molecule has 4 heterocycles. The second-order valence-corrected chi connectivity index (χ2v) is 13.5. The van der Waals surface area contributed by atoms with E-state index < -0.39 is 17.6 Å². The number of rotatable bonds is 7. The van der Waals surface area contributed by atoms with Crippen molar-refractivity contribution in [1.82, 2.24) is 19.4 Å². The molecule has 1 atom stereocenters. The van der Waals surface area contributed by atoms with E-state index in [9.17, 15) is 9.59 Å². The van der Waals surface area contributed by atoms with E-state index in [0.717, 1.165) is 38.5 Å². The number of nitrogens with zero attached hydrogens (tertiary/aromatic N) is 5. The maximum Gasteiger partial charge on any atom is 0.410 e. The number of imidazole rings is 1. The van der Waals surface area contributed by atoms with Gasteiger partial charge in [0.25, 0.3) is 5.91 Å². The average molecular weight is 659 g/mol. The number of hydrogen-bond acceptors (Lipinski definition) is 8. The number of amides is 2. The molecule has 0 aliphatic carbocycles. The third-order valence-electron chi connectivity index (χ3n) is 7.68. The average Bonchev–Trinajstić information content (AvgIpc) is 3.64. The predicted molar refractivity (Wildman–Crippen MR) is 181 cm³/mol. The third-order valence-corrected chi connectivity index (χ3v) is 9.15. The van der Waals surface area contributed by atoms with Gasteiger partial charge in [-0.1, -0.05) is 35.9 Å². The van der Waals surface area contributed by atoms with Crippen LogP contribution in [0.15, 0.2) is 73.2 Å². The van der Waals surface area contributed by atoms with E-state index in [1.807, 2.05) is 93.1 Å². The van der Waals surface area contributed by atoms with Crippen molar-refractivity contribution in [1.29, 1.82) is 0 Å². The molecule has 10 nitrogen and oxygen atoms in total. The first-order chi connectivity index (χ1) is 22.0. The van der Waals surface area contributed by atoms with E-state index in [2.05, 4.69) is 9.88 Å². The molecule has 0 spiro atoms. The summed E-state index contributed by atoms with van der Waals surface area (Å²) in [5.41, 5.74) is 9.64. The van der Waals surface area contributed by atoms with Gasteiger partial charge in [-0.3, -0.25) is 9.36 Å². The molecule has 2 amide bonds. The molecule has 6 rings (SSSR count). The zero-order valence-corrected chi connectivity index (χ0v) is 27.6. The fraction of sp³-hybridized carbons (Fsp3) is 0.294. The van der Waals surface area contributed by atoms with Gasteiger partial charge in [0.2, 0.25) is 0 Å². The topological polar surface area (TPSA) is 116 Å². The third kappa shape index (κ3) is 6.66. The molecular formula is C34H35ClN6O4S. The minimum absolute atomic E-state index is 0.280. The fourth-order valence-corrected chi connectivity index (χ4v) is 6.57. The molecule has 238 valence electrons. The summed E-state index contributed by atoms with van der Waals surface area (Å²) in [6.45, 7) is 10.0. The van der Waals surface area contributed by atoms with E-state index >= 15 is 0 Å². The highest BCUT2D eigenvalue weighted by atomic mass is 35.5. The van der Waals surface area contributed by atoms with Gasteiger partial charge in [0.1, 0.15) is 39.5 Å². The molecule has 0 radical (unpaired) electrons. The summed E-state index contributed by atoms with van der Waals surface area (Å²) in [4.78, 5) is 38.3. The Kier molecular flexibility index (Phi) is 8.63. The number of fused-ring (bicyclic) bond motifs is 1. The number of anilines is 1. The Morgan fingerprint density at radius 3 is 2.39 bits per heavy atom. The molecule has 0 saturated carbocycles. The number of piperazine rings is 1. The van der Waals surface area contributed by atoms with E-state index in [1.54, 1.807) is 17.3 Å². The maximum absolute atomic E-state index is 12.4. The number of carbonyl (C=O) groups excluding carboxylic acids is 2. The largest absolute Gasteiger partial charge is 0.484 e. The van der Waals surface area contributed by atoms with Crippen LogP contribution in [0.2, 0.25) is 5.02 Å². The fourth-order valence-electron chi connectivity index (χ4n) is 5.36. The predicted octanol–water partition coefficient (Wildman–Crippen LogP) is 7.10. The molecule has 3 aromatic heterocycles. The minimum Gasteiger partial charge on any atom is -0.484 e. The summed E-state index contributed by atoms with van der Waals surface area (Å²) in [5.74, 6) is 0.698. The SMILES string of the molecule is C[C@@H](Oc1cc(-n2cnc3cc(-c4ccc(N5CCN(C(=O)OC(C)(C)C)CC5)nc4)ccc32)sc1C(N)=O)c1ccccc1Cl. The van der Waals surface area contributed by atoms with Crippen molar-refractivity contribution in [3.63, 3.8) is 0 Å². The van der Waals surface area contributed by atoms with Gasteiger partial charge in [-0.05, 0) is 63.6 Å². The molecule has 12 heteroatoms. The Hall–Kier alpha value is -4.61. The van der Waals surface area contributed by atoms with Crippen molar-refractivity contribution in [2.45, 2.75) is 39.4 Å². The molecular weight excluding hydrogens is 624 g/mol. The highest BCUT2D eigenvalue weighted by molar-refractivity contribution is 7.16. The summed E-state index contributed by atoms with van der Waals surface area (Å²) < 4.78 is 13.6. The second-order valence-electron chi connectivity index (χ2n) is 12.1. The highest BCUT2D eigenvalue weighted by Crippen LogP contribution is 2.37. The first-order valence-electron chi connectivity index (χ1n) is 15.0. The number of thiophene rings is 1. The van der Waals surface area contributed by atoms with Crippen molar-refractivity contribution < 1.29 is 19.1 Å². The van der Waals surface area contributed by atoms with E-state index in [0.29, 0.717) is 41.8 Å². The highest BCUT2D eigenvalue weighted by Gasteiger charge is 2.26. The van der Waals surface area contributed by atoms with Gasteiger partial charge in [0.15, 0.2) is 0 Å². The molecule has 1 aliphatic rings. The Morgan fingerprint density at radius 1 is 0.978 bits per heavy atom.